The number of hydrogen-bond acceptors (Lipinski definition) is 7. The Kier molecular flexibility index (Phi) is 7.08. The second-order valence-corrected chi connectivity index (χ2v) is 9.67. The van der Waals surface area contributed by atoms with Crippen LogP contribution in [0.25, 0.3) is 10.9 Å². The summed E-state index contributed by atoms with van der Waals surface area (Å²) in [7, 11) is 0. The number of anilines is 1. The molecule has 1 amide bonds. The van der Waals surface area contributed by atoms with E-state index in [-0.39, 0.29) is 29.7 Å². The maximum Gasteiger partial charge on any atom is 0.416 e. The van der Waals surface area contributed by atoms with Crippen LogP contribution in [0.2, 0.25) is 0 Å². The van der Waals surface area contributed by atoms with Gasteiger partial charge < -0.3 is 10.6 Å². The molecule has 3 fully saturated rings. The van der Waals surface area contributed by atoms with Crippen molar-refractivity contribution in [2.24, 2.45) is 0 Å². The second kappa shape index (κ2) is 10.2. The molecule has 3 heterocycles. The van der Waals surface area contributed by atoms with Crippen LogP contribution in [0.4, 0.5) is 19.0 Å². The second-order valence-electron chi connectivity index (χ2n) is 9.67. The number of hydrogen-bond donors (Lipinski definition) is 2. The zero-order valence-electron chi connectivity index (χ0n) is 19.6. The van der Waals surface area contributed by atoms with Crippen molar-refractivity contribution in [1.29, 1.82) is 0 Å². The van der Waals surface area contributed by atoms with Gasteiger partial charge >= 0.3 is 6.18 Å². The first-order chi connectivity index (χ1) is 16.9. The van der Waals surface area contributed by atoms with Gasteiger partial charge in [-0.2, -0.15) is 18.2 Å². The lowest BCUT2D eigenvalue weighted by Gasteiger charge is -2.47. The minimum atomic E-state index is -4.46. The molecular formula is C24H31F3N6O2. The number of amides is 1. The van der Waals surface area contributed by atoms with Crippen LogP contribution < -0.4 is 10.6 Å². The van der Waals surface area contributed by atoms with E-state index in [0.717, 1.165) is 70.5 Å². The van der Waals surface area contributed by atoms with Gasteiger partial charge in [0.2, 0.25) is 5.91 Å². The SMILES string of the molecule is O=C(CNc1ncnc2ccc(C(F)(F)F)cc12)NC1CN([C@H]2CC[C@H](N3CCCCO3)CC2)C1. The quantitative estimate of drug-likeness (QED) is 0.641. The van der Waals surface area contributed by atoms with E-state index in [0.29, 0.717) is 17.6 Å². The number of likely N-dealkylation sites (tertiary alicyclic amines) is 1. The first-order valence-corrected chi connectivity index (χ1v) is 12.4. The number of carbonyl (C=O) groups is 1. The van der Waals surface area contributed by atoms with E-state index in [2.05, 4.69) is 30.6 Å². The molecule has 0 bridgehead atoms. The summed E-state index contributed by atoms with van der Waals surface area (Å²) >= 11 is 0. The molecule has 0 atom stereocenters. The molecule has 2 saturated heterocycles. The maximum absolute atomic E-state index is 13.1. The van der Waals surface area contributed by atoms with E-state index in [1.54, 1.807) is 0 Å². The molecule has 0 unspecified atom stereocenters. The molecule has 8 nitrogen and oxygen atoms in total. The predicted octanol–water partition coefficient (Wildman–Crippen LogP) is 3.20. The van der Waals surface area contributed by atoms with Gasteiger partial charge in [-0.3, -0.25) is 14.5 Å². The smallest absolute Gasteiger partial charge is 0.360 e. The number of aromatic nitrogens is 2. The average molecular weight is 493 g/mol. The Balaban J connectivity index is 1.06. The van der Waals surface area contributed by atoms with Crippen LogP contribution in [0.1, 0.15) is 44.1 Å². The lowest BCUT2D eigenvalue weighted by Crippen LogP contribution is -2.63. The number of halogens is 3. The Morgan fingerprint density at radius 2 is 1.86 bits per heavy atom. The van der Waals surface area contributed by atoms with Crippen molar-refractivity contribution < 1.29 is 22.8 Å². The Hall–Kier alpha value is -2.50. The van der Waals surface area contributed by atoms with E-state index >= 15 is 0 Å². The van der Waals surface area contributed by atoms with Crippen LogP contribution in [0.15, 0.2) is 24.5 Å². The number of alkyl halides is 3. The third-order valence-electron chi connectivity index (χ3n) is 7.27. The zero-order valence-corrected chi connectivity index (χ0v) is 19.6. The summed E-state index contributed by atoms with van der Waals surface area (Å²) < 4.78 is 39.3. The fourth-order valence-electron chi connectivity index (χ4n) is 5.33. The number of rotatable bonds is 6. The van der Waals surface area contributed by atoms with Crippen molar-refractivity contribution >= 4 is 22.6 Å². The van der Waals surface area contributed by atoms with E-state index < -0.39 is 11.7 Å². The maximum atomic E-state index is 13.1. The van der Waals surface area contributed by atoms with E-state index in [1.165, 1.54) is 18.8 Å². The van der Waals surface area contributed by atoms with Crippen LogP contribution in [0.3, 0.4) is 0 Å². The number of fused-ring (bicyclic) bond motifs is 1. The molecule has 11 heteroatoms. The van der Waals surface area contributed by atoms with Crippen LogP contribution in [0, 0.1) is 0 Å². The van der Waals surface area contributed by atoms with E-state index in [9.17, 15) is 18.0 Å². The van der Waals surface area contributed by atoms with E-state index in [1.807, 2.05) is 0 Å². The Morgan fingerprint density at radius 3 is 2.57 bits per heavy atom. The van der Waals surface area contributed by atoms with Gasteiger partial charge in [0.25, 0.3) is 0 Å². The number of hydroxylamine groups is 2. The highest BCUT2D eigenvalue weighted by Gasteiger charge is 2.36. The number of nitrogens with zero attached hydrogens (tertiary/aromatic N) is 4. The number of carbonyl (C=O) groups excluding carboxylic acids is 1. The molecule has 1 aromatic heterocycles. The molecule has 1 aliphatic carbocycles. The van der Waals surface area contributed by atoms with Gasteiger partial charge in [-0.1, -0.05) is 0 Å². The average Bonchev–Trinajstić information content (AvgIpc) is 2.84. The molecule has 2 aliphatic heterocycles. The summed E-state index contributed by atoms with van der Waals surface area (Å²) in [4.78, 5) is 28.8. The van der Waals surface area contributed by atoms with Crippen molar-refractivity contribution in [3.63, 3.8) is 0 Å². The summed E-state index contributed by atoms with van der Waals surface area (Å²) in [6.45, 7) is 3.46. The summed E-state index contributed by atoms with van der Waals surface area (Å²) in [6.07, 6.45) is 3.75. The van der Waals surface area contributed by atoms with Crippen LogP contribution in [-0.4, -0.2) is 76.7 Å². The minimum Gasteiger partial charge on any atom is -0.360 e. The molecule has 2 N–H and O–H groups in total. The Morgan fingerprint density at radius 1 is 1.09 bits per heavy atom. The molecular weight excluding hydrogens is 461 g/mol. The predicted molar refractivity (Wildman–Crippen MR) is 124 cm³/mol. The molecule has 190 valence electrons. The number of nitrogens with one attached hydrogen (secondary N) is 2. The van der Waals surface area contributed by atoms with Gasteiger partial charge in [-0.05, 0) is 56.7 Å². The first kappa shape index (κ1) is 24.2. The van der Waals surface area contributed by atoms with Gasteiger partial charge in [0.05, 0.1) is 30.3 Å². The van der Waals surface area contributed by atoms with Crippen molar-refractivity contribution in [3.05, 3.63) is 30.1 Å². The molecule has 0 spiro atoms. The molecule has 2 aromatic rings. The summed E-state index contributed by atoms with van der Waals surface area (Å²) in [6, 6.07) is 4.47. The molecule has 35 heavy (non-hydrogen) atoms. The van der Waals surface area contributed by atoms with Gasteiger partial charge in [0.1, 0.15) is 12.1 Å². The zero-order chi connectivity index (χ0) is 24.4. The summed E-state index contributed by atoms with van der Waals surface area (Å²) in [5.74, 6) is 0.000254. The lowest BCUT2D eigenvalue weighted by atomic mass is 9.87. The van der Waals surface area contributed by atoms with Gasteiger partial charge in [-0.25, -0.2) is 9.97 Å². The van der Waals surface area contributed by atoms with Crippen molar-refractivity contribution in [3.8, 4) is 0 Å². The fourth-order valence-corrected chi connectivity index (χ4v) is 5.33. The lowest BCUT2D eigenvalue weighted by molar-refractivity contribution is -0.213. The van der Waals surface area contributed by atoms with Crippen LogP contribution in [0.5, 0.6) is 0 Å². The molecule has 0 radical (unpaired) electrons. The molecule has 1 aromatic carbocycles. The topological polar surface area (TPSA) is 82.6 Å². The highest BCUT2D eigenvalue weighted by atomic mass is 19.4. The van der Waals surface area contributed by atoms with Crippen LogP contribution in [-0.2, 0) is 15.8 Å². The third-order valence-corrected chi connectivity index (χ3v) is 7.27. The summed E-state index contributed by atoms with van der Waals surface area (Å²) in [5.41, 5.74) is -0.397. The summed E-state index contributed by atoms with van der Waals surface area (Å²) in [5, 5.41) is 8.30. The largest absolute Gasteiger partial charge is 0.416 e. The minimum absolute atomic E-state index is 0.0696. The van der Waals surface area contributed by atoms with E-state index in [4.69, 9.17) is 4.84 Å². The highest BCUT2D eigenvalue weighted by molar-refractivity contribution is 5.91. The van der Waals surface area contributed by atoms with Crippen molar-refractivity contribution in [2.45, 2.75) is 62.8 Å². The standard InChI is InChI=1S/C24H31F3N6O2/c25-24(26,27)16-3-8-21-20(11-16)23(30-15-29-21)28-12-22(34)31-17-13-32(14-17)18-4-6-19(7-5-18)33-9-1-2-10-35-33/h3,8,11,15,17-19H,1-2,4-7,9-10,12-14H2,(H,31,34)(H,28,29,30)/t18-,19-. The third kappa shape index (κ3) is 5.68. The molecule has 3 aliphatic rings. The Labute approximate surface area is 202 Å². The van der Waals surface area contributed by atoms with Gasteiger partial charge in [0.15, 0.2) is 0 Å². The molecule has 1 saturated carbocycles. The highest BCUT2D eigenvalue weighted by Crippen LogP contribution is 2.33. The normalized spacial score (nSPS) is 24.8. The fraction of sp³-hybridized carbons (Fsp3) is 0.625. The van der Waals surface area contributed by atoms with Crippen molar-refractivity contribution in [2.75, 3.05) is 38.1 Å². The van der Waals surface area contributed by atoms with Gasteiger partial charge in [-0.15, -0.1) is 0 Å². The van der Waals surface area contributed by atoms with Crippen molar-refractivity contribution in [1.82, 2.24) is 25.2 Å². The first-order valence-electron chi connectivity index (χ1n) is 12.4. The molecule has 5 rings (SSSR count). The monoisotopic (exact) mass is 492 g/mol. The van der Waals surface area contributed by atoms with Crippen LogP contribution >= 0.6 is 0 Å². The van der Waals surface area contributed by atoms with Gasteiger partial charge in [0, 0.05) is 37.1 Å². The Bertz CT molecular complexity index is 1030. The number of benzene rings is 1.